The van der Waals surface area contributed by atoms with Crippen LogP contribution in [0.5, 0.6) is 0 Å². The first-order chi connectivity index (χ1) is 13.3. The first kappa shape index (κ1) is 18.1. The third-order valence-corrected chi connectivity index (χ3v) is 5.54. The first-order valence-corrected chi connectivity index (χ1v) is 10.0. The Bertz CT molecular complexity index is 776. The maximum absolute atomic E-state index is 12.5. The smallest absolute Gasteiger partial charge is 0.251 e. The lowest BCUT2D eigenvalue weighted by molar-refractivity contribution is -0.142. The molecular weight excluding hydrogens is 342 g/mol. The number of ether oxygens (including phenoxy) is 1. The van der Waals surface area contributed by atoms with Crippen molar-refractivity contribution < 1.29 is 9.53 Å². The number of nitrogens with one attached hydrogen (secondary N) is 1. The predicted octanol–water partition coefficient (Wildman–Crippen LogP) is 2.70. The number of nitrogens with zero attached hydrogens (tertiary/aromatic N) is 4. The maximum Gasteiger partial charge on any atom is 0.251 e. The van der Waals surface area contributed by atoms with Crippen LogP contribution in [0, 0.1) is 0 Å². The van der Waals surface area contributed by atoms with E-state index in [0.717, 1.165) is 74.4 Å². The van der Waals surface area contributed by atoms with Crippen molar-refractivity contribution in [2.75, 3.05) is 19.7 Å². The number of rotatable bonds is 5. The molecule has 1 N–H and O–H groups in total. The number of H-pyrrole nitrogens is 1. The molecule has 4 heterocycles. The SMILES string of the molecule is CCCc1nccc(-c2cn[nH]c2C2CCN(C(=O)[C@H]3CCCO3)CC2)n1. The zero-order chi connectivity index (χ0) is 18.6. The highest BCUT2D eigenvalue weighted by atomic mass is 16.5. The van der Waals surface area contributed by atoms with Crippen LogP contribution < -0.4 is 0 Å². The summed E-state index contributed by atoms with van der Waals surface area (Å²) in [5, 5.41) is 7.47. The van der Waals surface area contributed by atoms with Gasteiger partial charge >= 0.3 is 0 Å². The molecule has 4 rings (SSSR count). The molecule has 0 saturated carbocycles. The molecule has 0 radical (unpaired) electrons. The predicted molar refractivity (Wildman–Crippen MR) is 101 cm³/mol. The average Bonchev–Trinajstić information content (AvgIpc) is 3.40. The second kappa shape index (κ2) is 8.17. The van der Waals surface area contributed by atoms with Crippen LogP contribution in [0.3, 0.4) is 0 Å². The number of piperidine rings is 1. The quantitative estimate of drug-likeness (QED) is 0.876. The molecule has 2 saturated heterocycles. The number of amides is 1. The fourth-order valence-corrected chi connectivity index (χ4v) is 4.07. The number of carbonyl (C=O) groups is 1. The van der Waals surface area contributed by atoms with Crippen LogP contribution in [-0.4, -0.2) is 56.8 Å². The topological polar surface area (TPSA) is 84.0 Å². The van der Waals surface area contributed by atoms with Gasteiger partial charge in [-0.3, -0.25) is 9.89 Å². The number of hydrogen-bond acceptors (Lipinski definition) is 5. The number of aromatic nitrogens is 4. The summed E-state index contributed by atoms with van der Waals surface area (Å²) < 4.78 is 5.55. The molecule has 2 aromatic rings. The summed E-state index contributed by atoms with van der Waals surface area (Å²) in [7, 11) is 0. The lowest BCUT2D eigenvalue weighted by Crippen LogP contribution is -2.43. The van der Waals surface area contributed by atoms with Gasteiger partial charge in [-0.05, 0) is 38.2 Å². The Morgan fingerprint density at radius 1 is 1.33 bits per heavy atom. The van der Waals surface area contributed by atoms with E-state index in [9.17, 15) is 4.79 Å². The molecule has 7 nitrogen and oxygen atoms in total. The van der Waals surface area contributed by atoms with Crippen molar-refractivity contribution in [1.29, 1.82) is 0 Å². The minimum absolute atomic E-state index is 0.163. The van der Waals surface area contributed by atoms with Crippen molar-refractivity contribution in [2.45, 2.75) is 57.5 Å². The van der Waals surface area contributed by atoms with Crippen molar-refractivity contribution in [1.82, 2.24) is 25.1 Å². The van der Waals surface area contributed by atoms with E-state index in [2.05, 4.69) is 22.1 Å². The molecule has 2 fully saturated rings. The van der Waals surface area contributed by atoms with Gasteiger partial charge in [0.15, 0.2) is 0 Å². The molecule has 7 heteroatoms. The minimum Gasteiger partial charge on any atom is -0.368 e. The van der Waals surface area contributed by atoms with Crippen LogP contribution in [0.2, 0.25) is 0 Å². The summed E-state index contributed by atoms with van der Waals surface area (Å²) in [6.07, 6.45) is 9.08. The van der Waals surface area contributed by atoms with Gasteiger partial charge in [0.05, 0.1) is 11.9 Å². The largest absolute Gasteiger partial charge is 0.368 e. The summed E-state index contributed by atoms with van der Waals surface area (Å²) in [5.41, 5.74) is 3.11. The molecule has 0 unspecified atom stereocenters. The number of hydrogen-bond donors (Lipinski definition) is 1. The third kappa shape index (κ3) is 3.88. The number of carbonyl (C=O) groups excluding carboxylic acids is 1. The van der Waals surface area contributed by atoms with Crippen LogP contribution in [0.25, 0.3) is 11.3 Å². The van der Waals surface area contributed by atoms with Crippen molar-refractivity contribution >= 4 is 5.91 Å². The molecular formula is C20H27N5O2. The van der Waals surface area contributed by atoms with Gasteiger partial charge in [-0.15, -0.1) is 0 Å². The molecule has 0 aromatic carbocycles. The van der Waals surface area contributed by atoms with E-state index in [4.69, 9.17) is 9.72 Å². The summed E-state index contributed by atoms with van der Waals surface area (Å²) in [5.74, 6) is 1.40. The van der Waals surface area contributed by atoms with E-state index in [1.807, 2.05) is 23.4 Å². The fraction of sp³-hybridized carbons (Fsp3) is 0.600. The summed E-state index contributed by atoms with van der Waals surface area (Å²) in [6.45, 7) is 4.38. The number of aromatic amines is 1. The zero-order valence-electron chi connectivity index (χ0n) is 15.9. The van der Waals surface area contributed by atoms with Gasteiger partial charge < -0.3 is 9.64 Å². The lowest BCUT2D eigenvalue weighted by atomic mass is 9.90. The molecule has 2 aliphatic heterocycles. The van der Waals surface area contributed by atoms with E-state index < -0.39 is 0 Å². The normalized spacial score (nSPS) is 20.9. The molecule has 0 aliphatic carbocycles. The van der Waals surface area contributed by atoms with Crippen molar-refractivity contribution in [3.05, 3.63) is 30.0 Å². The molecule has 0 bridgehead atoms. The van der Waals surface area contributed by atoms with Crippen LogP contribution in [0.4, 0.5) is 0 Å². The van der Waals surface area contributed by atoms with Crippen molar-refractivity contribution in [3.63, 3.8) is 0 Å². The van der Waals surface area contributed by atoms with E-state index in [0.29, 0.717) is 12.5 Å². The van der Waals surface area contributed by atoms with E-state index in [1.165, 1.54) is 0 Å². The monoisotopic (exact) mass is 369 g/mol. The Morgan fingerprint density at radius 2 is 2.19 bits per heavy atom. The van der Waals surface area contributed by atoms with Crippen LogP contribution in [0.1, 0.15) is 56.5 Å². The summed E-state index contributed by atoms with van der Waals surface area (Å²) in [6, 6.07) is 1.95. The van der Waals surface area contributed by atoms with Crippen LogP contribution in [0.15, 0.2) is 18.5 Å². The Kier molecular flexibility index (Phi) is 5.48. The molecule has 27 heavy (non-hydrogen) atoms. The van der Waals surface area contributed by atoms with Gasteiger partial charge in [-0.25, -0.2) is 9.97 Å². The van der Waals surface area contributed by atoms with Crippen LogP contribution >= 0.6 is 0 Å². The molecule has 2 aromatic heterocycles. The molecule has 144 valence electrons. The Balaban J connectivity index is 1.44. The van der Waals surface area contributed by atoms with E-state index in [1.54, 1.807) is 0 Å². The first-order valence-electron chi connectivity index (χ1n) is 10.0. The molecule has 1 amide bonds. The second-order valence-electron chi connectivity index (χ2n) is 7.41. The Morgan fingerprint density at radius 3 is 2.93 bits per heavy atom. The van der Waals surface area contributed by atoms with Crippen LogP contribution in [-0.2, 0) is 16.0 Å². The third-order valence-electron chi connectivity index (χ3n) is 5.54. The maximum atomic E-state index is 12.5. The highest BCUT2D eigenvalue weighted by Crippen LogP contribution is 2.33. The summed E-state index contributed by atoms with van der Waals surface area (Å²) in [4.78, 5) is 23.6. The summed E-state index contributed by atoms with van der Waals surface area (Å²) >= 11 is 0. The Hall–Kier alpha value is -2.28. The molecule has 0 spiro atoms. The number of aryl methyl sites for hydroxylation is 1. The standard InChI is InChI=1S/C20H27N5O2/c1-2-4-18-21-9-6-16(23-18)15-13-22-24-19(15)14-7-10-25(11-8-14)20(26)17-5-3-12-27-17/h6,9,13-14,17H,2-5,7-8,10-12H2,1H3,(H,22,24)/t17-/m1/s1. The zero-order valence-corrected chi connectivity index (χ0v) is 15.9. The van der Waals surface area contributed by atoms with Gasteiger partial charge in [0.2, 0.25) is 0 Å². The van der Waals surface area contributed by atoms with Crippen molar-refractivity contribution in [3.8, 4) is 11.3 Å². The highest BCUT2D eigenvalue weighted by Gasteiger charge is 2.32. The number of likely N-dealkylation sites (tertiary alicyclic amines) is 1. The average molecular weight is 369 g/mol. The molecule has 2 aliphatic rings. The highest BCUT2D eigenvalue weighted by molar-refractivity contribution is 5.81. The van der Waals surface area contributed by atoms with E-state index in [-0.39, 0.29) is 12.0 Å². The van der Waals surface area contributed by atoms with Gasteiger partial charge in [-0.2, -0.15) is 5.10 Å². The molecule has 1 atom stereocenters. The van der Waals surface area contributed by atoms with Gasteiger partial charge in [0.25, 0.3) is 5.91 Å². The van der Waals surface area contributed by atoms with Gasteiger partial charge in [0, 0.05) is 49.5 Å². The van der Waals surface area contributed by atoms with Gasteiger partial charge in [-0.1, -0.05) is 6.92 Å². The second-order valence-corrected chi connectivity index (χ2v) is 7.41. The lowest BCUT2D eigenvalue weighted by Gasteiger charge is -2.33. The van der Waals surface area contributed by atoms with Crippen molar-refractivity contribution in [2.24, 2.45) is 0 Å². The van der Waals surface area contributed by atoms with E-state index >= 15 is 0 Å². The minimum atomic E-state index is -0.220. The van der Waals surface area contributed by atoms with Gasteiger partial charge in [0.1, 0.15) is 11.9 Å². The fourth-order valence-electron chi connectivity index (χ4n) is 4.07. The Labute approximate surface area is 159 Å².